The summed E-state index contributed by atoms with van der Waals surface area (Å²) < 4.78 is 2.94. The van der Waals surface area contributed by atoms with Crippen LogP contribution in [0.3, 0.4) is 0 Å². The summed E-state index contributed by atoms with van der Waals surface area (Å²) >= 11 is 0. The van der Waals surface area contributed by atoms with Crippen LogP contribution in [0.25, 0.3) is 11.4 Å². The molecule has 0 amide bonds. The number of carbonyl (C=O) groups is 4. The van der Waals surface area contributed by atoms with Crippen LogP contribution in [-0.4, -0.2) is 47.7 Å². The molecule has 9 heteroatoms. The fraction of sp³-hybridized carbons (Fsp3) is 0.129. The molecule has 198 valence electrons. The molecule has 40 heavy (non-hydrogen) atoms. The second kappa shape index (κ2) is 10.5. The number of hydrogen-bond donors (Lipinski definition) is 0. The topological polar surface area (TPSA) is 117 Å². The van der Waals surface area contributed by atoms with Crippen molar-refractivity contribution in [2.75, 3.05) is 0 Å². The highest BCUT2D eigenvalue weighted by Crippen LogP contribution is 2.20. The van der Waals surface area contributed by atoms with E-state index in [0.717, 1.165) is 11.1 Å². The van der Waals surface area contributed by atoms with Crippen LogP contribution in [0.15, 0.2) is 79.1 Å². The number of pyridine rings is 1. The zero-order chi connectivity index (χ0) is 28.6. The van der Waals surface area contributed by atoms with Crippen LogP contribution in [0.2, 0.25) is 0 Å². The summed E-state index contributed by atoms with van der Waals surface area (Å²) in [5, 5.41) is 8.66. The minimum Gasteiger partial charge on any atom is -0.293 e. The molecule has 0 N–H and O–H groups in total. The molecule has 0 unspecified atom stereocenters. The first-order valence-electron chi connectivity index (χ1n) is 12.5. The van der Waals surface area contributed by atoms with E-state index < -0.39 is 11.6 Å². The molecule has 5 rings (SSSR count). The highest BCUT2D eigenvalue weighted by molar-refractivity contribution is 6.16. The molecule has 5 aromatic rings. The Morgan fingerprint density at radius 1 is 0.575 bits per heavy atom. The van der Waals surface area contributed by atoms with E-state index in [-0.39, 0.29) is 45.5 Å². The molecular formula is C31H25N5O4. The van der Waals surface area contributed by atoms with Crippen LogP contribution in [0.4, 0.5) is 0 Å². The zero-order valence-corrected chi connectivity index (χ0v) is 22.4. The average Bonchev–Trinajstić information content (AvgIpc) is 3.59. The van der Waals surface area contributed by atoms with Gasteiger partial charge in [-0.2, -0.15) is 10.2 Å². The number of rotatable bonds is 8. The van der Waals surface area contributed by atoms with Crippen molar-refractivity contribution in [2.24, 2.45) is 0 Å². The lowest BCUT2D eigenvalue weighted by atomic mass is 10.0. The predicted octanol–water partition coefficient (Wildman–Crippen LogP) is 4.94. The minimum absolute atomic E-state index is 0.00217. The molecule has 0 spiro atoms. The van der Waals surface area contributed by atoms with Gasteiger partial charge >= 0.3 is 0 Å². The van der Waals surface area contributed by atoms with Crippen molar-refractivity contribution in [2.45, 2.75) is 27.7 Å². The monoisotopic (exact) mass is 531 g/mol. The van der Waals surface area contributed by atoms with Crippen LogP contribution in [0.5, 0.6) is 0 Å². The van der Waals surface area contributed by atoms with Crippen molar-refractivity contribution in [3.8, 4) is 11.4 Å². The highest BCUT2D eigenvalue weighted by Gasteiger charge is 2.26. The second-order valence-electron chi connectivity index (χ2n) is 9.52. The Morgan fingerprint density at radius 2 is 0.950 bits per heavy atom. The molecule has 0 aliphatic heterocycles. The van der Waals surface area contributed by atoms with Crippen molar-refractivity contribution < 1.29 is 19.2 Å². The number of carbonyl (C=O) groups excluding carboxylic acids is 4. The first-order chi connectivity index (χ1) is 19.1. The molecule has 0 aliphatic carbocycles. The number of Topliss-reactive ketones (excluding diaryl/α,β-unsaturated/α-hetero) is 2. The maximum Gasteiger partial charge on any atom is 0.215 e. The van der Waals surface area contributed by atoms with E-state index in [1.54, 1.807) is 0 Å². The molecule has 0 bridgehead atoms. The molecule has 9 nitrogen and oxygen atoms in total. The fourth-order valence-electron chi connectivity index (χ4n) is 4.22. The van der Waals surface area contributed by atoms with Gasteiger partial charge in [-0.15, -0.1) is 0 Å². The summed E-state index contributed by atoms with van der Waals surface area (Å²) in [6.07, 6.45) is 2.97. The molecule has 3 aromatic heterocycles. The van der Waals surface area contributed by atoms with Gasteiger partial charge in [-0.05, 0) is 50.2 Å². The van der Waals surface area contributed by atoms with Gasteiger partial charge in [0, 0.05) is 26.2 Å². The molecule has 2 aromatic carbocycles. The summed E-state index contributed by atoms with van der Waals surface area (Å²) in [6.45, 7) is 6.58. The van der Waals surface area contributed by atoms with Crippen LogP contribution in [0.1, 0.15) is 78.1 Å². The number of aromatic nitrogens is 5. The number of ketones is 4. The van der Waals surface area contributed by atoms with E-state index in [2.05, 4.69) is 15.2 Å². The van der Waals surface area contributed by atoms with Gasteiger partial charge in [0.2, 0.25) is 11.6 Å². The van der Waals surface area contributed by atoms with Crippen molar-refractivity contribution in [3.63, 3.8) is 0 Å². The van der Waals surface area contributed by atoms with E-state index >= 15 is 0 Å². The van der Waals surface area contributed by atoms with E-state index in [0.29, 0.717) is 11.4 Å². The lowest BCUT2D eigenvalue weighted by molar-refractivity contribution is 0.0981. The zero-order valence-electron chi connectivity index (χ0n) is 22.4. The van der Waals surface area contributed by atoms with Gasteiger partial charge in [0.25, 0.3) is 0 Å². The van der Waals surface area contributed by atoms with Crippen LogP contribution < -0.4 is 0 Å². The lowest BCUT2D eigenvalue weighted by Crippen LogP contribution is -2.13. The third-order valence-corrected chi connectivity index (χ3v) is 6.40. The fourth-order valence-corrected chi connectivity index (χ4v) is 4.22. The Bertz CT molecular complexity index is 1670. The summed E-state index contributed by atoms with van der Waals surface area (Å²) in [7, 11) is 0. The Morgan fingerprint density at radius 3 is 1.30 bits per heavy atom. The van der Waals surface area contributed by atoms with Gasteiger partial charge in [-0.1, -0.05) is 41.5 Å². The second-order valence-corrected chi connectivity index (χ2v) is 9.52. The molecule has 0 atom stereocenters. The van der Waals surface area contributed by atoms with Gasteiger partial charge < -0.3 is 0 Å². The summed E-state index contributed by atoms with van der Waals surface area (Å²) in [6, 6.07) is 19.4. The lowest BCUT2D eigenvalue weighted by Gasteiger charge is -2.03. The van der Waals surface area contributed by atoms with Crippen LogP contribution in [-0.2, 0) is 0 Å². The van der Waals surface area contributed by atoms with Crippen LogP contribution in [0, 0.1) is 13.8 Å². The smallest absolute Gasteiger partial charge is 0.215 e. The Hall–Kier alpha value is -5.31. The number of aryl methyl sites for hydroxylation is 2. The number of hydrogen-bond acceptors (Lipinski definition) is 7. The van der Waals surface area contributed by atoms with E-state index in [1.165, 1.54) is 53.8 Å². The quantitative estimate of drug-likeness (QED) is 0.260. The highest BCUT2D eigenvalue weighted by atomic mass is 16.1. The molecule has 0 fully saturated rings. The Balaban J connectivity index is 1.51. The van der Waals surface area contributed by atoms with Gasteiger partial charge in [0.05, 0.1) is 22.5 Å². The van der Waals surface area contributed by atoms with Gasteiger partial charge in [0.15, 0.2) is 11.6 Å². The van der Waals surface area contributed by atoms with Crippen molar-refractivity contribution in [1.29, 1.82) is 0 Å². The third kappa shape index (κ3) is 5.04. The molecule has 0 radical (unpaired) electrons. The van der Waals surface area contributed by atoms with Gasteiger partial charge in [-0.25, -0.2) is 14.3 Å². The predicted molar refractivity (Wildman–Crippen MR) is 148 cm³/mol. The molecule has 0 saturated heterocycles. The first kappa shape index (κ1) is 26.3. The Kier molecular flexibility index (Phi) is 6.87. The first-order valence-corrected chi connectivity index (χ1v) is 12.5. The van der Waals surface area contributed by atoms with Crippen molar-refractivity contribution >= 4 is 23.1 Å². The van der Waals surface area contributed by atoms with Crippen LogP contribution >= 0.6 is 0 Å². The van der Waals surface area contributed by atoms with E-state index in [9.17, 15) is 19.2 Å². The largest absolute Gasteiger partial charge is 0.293 e. The third-order valence-electron chi connectivity index (χ3n) is 6.40. The molecular weight excluding hydrogens is 506 g/mol. The maximum atomic E-state index is 13.5. The normalized spacial score (nSPS) is 10.9. The average molecular weight is 532 g/mol. The molecule has 0 saturated carbocycles. The SMILES string of the molecule is CC(=O)c1nn(-c2ccc(C)cc2)cc1C(=O)c1cccc(C(=O)c2cn(-c3ccc(C)cc3)nc2C(C)=O)n1. The summed E-state index contributed by atoms with van der Waals surface area (Å²) in [5.41, 5.74) is 3.56. The standard InChI is InChI=1S/C31H25N5O4/c1-18-8-12-22(13-9-18)35-16-24(28(33-35)20(3)37)30(39)26-6-5-7-27(32-26)31(40)25-17-36(34-29(25)21(4)38)23-14-10-19(2)11-15-23/h5-17H,1-4H3. The Labute approximate surface area is 230 Å². The van der Waals surface area contributed by atoms with Crippen molar-refractivity contribution in [1.82, 2.24) is 24.5 Å². The maximum absolute atomic E-state index is 13.5. The molecule has 3 heterocycles. The van der Waals surface area contributed by atoms with Gasteiger partial charge in [-0.3, -0.25) is 19.2 Å². The summed E-state index contributed by atoms with van der Waals surface area (Å²) in [5.74, 6) is -1.87. The minimum atomic E-state index is -0.555. The number of nitrogens with zero attached hydrogens (tertiary/aromatic N) is 5. The van der Waals surface area contributed by atoms with E-state index in [1.807, 2.05) is 62.4 Å². The van der Waals surface area contributed by atoms with E-state index in [4.69, 9.17) is 0 Å². The number of benzene rings is 2. The summed E-state index contributed by atoms with van der Waals surface area (Å²) in [4.78, 5) is 56.1. The van der Waals surface area contributed by atoms with Gasteiger partial charge in [0.1, 0.15) is 22.8 Å². The molecule has 0 aliphatic rings. The van der Waals surface area contributed by atoms with Crippen molar-refractivity contribution in [3.05, 3.63) is 124 Å².